The van der Waals surface area contributed by atoms with Gasteiger partial charge in [0.1, 0.15) is 5.75 Å². The van der Waals surface area contributed by atoms with E-state index < -0.39 is 0 Å². The summed E-state index contributed by atoms with van der Waals surface area (Å²) in [5, 5.41) is 5.80. The SMILES string of the molecule is COc1cc(C)c(CC(=O)Nc2nc(C)cs2)cc1Cl. The lowest BCUT2D eigenvalue weighted by atomic mass is 10.1. The van der Waals surface area contributed by atoms with Crippen LogP contribution in [0, 0.1) is 13.8 Å². The van der Waals surface area contributed by atoms with Crippen molar-refractivity contribution in [2.45, 2.75) is 20.3 Å². The van der Waals surface area contributed by atoms with Crippen molar-refractivity contribution in [1.82, 2.24) is 4.98 Å². The van der Waals surface area contributed by atoms with Crippen molar-refractivity contribution in [1.29, 1.82) is 0 Å². The molecule has 2 rings (SSSR count). The summed E-state index contributed by atoms with van der Waals surface area (Å²) in [6.07, 6.45) is 0.258. The van der Waals surface area contributed by atoms with Gasteiger partial charge in [-0.2, -0.15) is 0 Å². The van der Waals surface area contributed by atoms with Crippen LogP contribution in [0.5, 0.6) is 5.75 Å². The van der Waals surface area contributed by atoms with Crippen LogP contribution in [0.25, 0.3) is 0 Å². The number of hydrogen-bond acceptors (Lipinski definition) is 4. The van der Waals surface area contributed by atoms with Crippen LogP contribution in [0.4, 0.5) is 5.13 Å². The molecule has 0 aliphatic carbocycles. The minimum atomic E-state index is -0.108. The molecule has 6 heteroatoms. The zero-order valence-electron chi connectivity index (χ0n) is 11.5. The van der Waals surface area contributed by atoms with Gasteiger partial charge < -0.3 is 10.1 Å². The minimum absolute atomic E-state index is 0.108. The number of nitrogens with zero attached hydrogens (tertiary/aromatic N) is 1. The van der Waals surface area contributed by atoms with Gasteiger partial charge in [-0.05, 0) is 37.1 Å². The second kappa shape index (κ2) is 6.24. The third kappa shape index (κ3) is 3.49. The average molecular weight is 311 g/mol. The fraction of sp³-hybridized carbons (Fsp3) is 0.286. The maximum absolute atomic E-state index is 12.0. The normalized spacial score (nSPS) is 10.4. The summed E-state index contributed by atoms with van der Waals surface area (Å²) in [6.45, 7) is 3.81. The summed E-state index contributed by atoms with van der Waals surface area (Å²) in [7, 11) is 1.57. The molecule has 1 N–H and O–H groups in total. The van der Waals surface area contributed by atoms with Crippen LogP contribution >= 0.6 is 22.9 Å². The Hall–Kier alpha value is -1.59. The smallest absolute Gasteiger partial charge is 0.230 e. The molecule has 0 saturated heterocycles. The van der Waals surface area contributed by atoms with Crippen molar-refractivity contribution in [3.8, 4) is 5.75 Å². The number of anilines is 1. The van der Waals surface area contributed by atoms with Gasteiger partial charge in [0.15, 0.2) is 5.13 Å². The van der Waals surface area contributed by atoms with Crippen LogP contribution in [0.2, 0.25) is 5.02 Å². The first-order valence-corrected chi connectivity index (χ1v) is 7.30. The highest BCUT2D eigenvalue weighted by Crippen LogP contribution is 2.28. The Morgan fingerprint density at radius 1 is 1.45 bits per heavy atom. The largest absolute Gasteiger partial charge is 0.495 e. The first kappa shape index (κ1) is 14.8. The monoisotopic (exact) mass is 310 g/mol. The Morgan fingerprint density at radius 3 is 2.80 bits per heavy atom. The van der Waals surface area contributed by atoms with E-state index in [-0.39, 0.29) is 12.3 Å². The molecule has 4 nitrogen and oxygen atoms in total. The summed E-state index contributed by atoms with van der Waals surface area (Å²) in [4.78, 5) is 16.2. The number of rotatable bonds is 4. The number of nitrogens with one attached hydrogen (secondary N) is 1. The molecular weight excluding hydrogens is 296 g/mol. The van der Waals surface area contributed by atoms with E-state index in [0.717, 1.165) is 16.8 Å². The Labute approximate surface area is 126 Å². The fourth-order valence-electron chi connectivity index (χ4n) is 1.79. The first-order chi connectivity index (χ1) is 9.49. The number of amides is 1. The lowest BCUT2D eigenvalue weighted by Gasteiger charge is -2.10. The highest BCUT2D eigenvalue weighted by Gasteiger charge is 2.11. The summed E-state index contributed by atoms with van der Waals surface area (Å²) in [6, 6.07) is 3.60. The van der Waals surface area contributed by atoms with E-state index in [4.69, 9.17) is 16.3 Å². The Morgan fingerprint density at radius 2 is 2.20 bits per heavy atom. The van der Waals surface area contributed by atoms with Crippen molar-refractivity contribution >= 4 is 34.0 Å². The lowest BCUT2D eigenvalue weighted by Crippen LogP contribution is -2.15. The van der Waals surface area contributed by atoms with Gasteiger partial charge in [0.2, 0.25) is 5.91 Å². The number of benzene rings is 1. The quantitative estimate of drug-likeness (QED) is 0.938. The van der Waals surface area contributed by atoms with Crippen LogP contribution in [0.1, 0.15) is 16.8 Å². The number of halogens is 1. The summed E-state index contributed by atoms with van der Waals surface area (Å²) < 4.78 is 5.14. The van der Waals surface area contributed by atoms with Gasteiger partial charge in [-0.15, -0.1) is 11.3 Å². The average Bonchev–Trinajstić information content (AvgIpc) is 2.78. The van der Waals surface area contributed by atoms with E-state index in [2.05, 4.69) is 10.3 Å². The molecule has 0 saturated carbocycles. The molecule has 1 aromatic heterocycles. The summed E-state index contributed by atoms with van der Waals surface area (Å²) in [5.74, 6) is 0.507. The molecule has 0 spiro atoms. The lowest BCUT2D eigenvalue weighted by molar-refractivity contribution is -0.115. The maximum atomic E-state index is 12.0. The van der Waals surface area contributed by atoms with E-state index in [9.17, 15) is 4.79 Å². The molecule has 0 unspecified atom stereocenters. The summed E-state index contributed by atoms with van der Waals surface area (Å²) >= 11 is 7.49. The van der Waals surface area contributed by atoms with Crippen LogP contribution in [0.3, 0.4) is 0 Å². The molecule has 106 valence electrons. The van der Waals surface area contributed by atoms with Gasteiger partial charge in [0.25, 0.3) is 0 Å². The molecule has 0 aliphatic rings. The molecule has 0 atom stereocenters. The zero-order valence-corrected chi connectivity index (χ0v) is 13.1. The maximum Gasteiger partial charge on any atom is 0.230 e. The van der Waals surface area contributed by atoms with Crippen molar-refractivity contribution in [2.24, 2.45) is 0 Å². The third-order valence-electron chi connectivity index (χ3n) is 2.83. The minimum Gasteiger partial charge on any atom is -0.495 e. The van der Waals surface area contributed by atoms with Gasteiger partial charge in [0.05, 0.1) is 24.2 Å². The van der Waals surface area contributed by atoms with E-state index in [1.54, 1.807) is 13.2 Å². The van der Waals surface area contributed by atoms with Gasteiger partial charge in [-0.25, -0.2) is 4.98 Å². The molecule has 20 heavy (non-hydrogen) atoms. The Kier molecular flexibility index (Phi) is 4.62. The molecule has 1 amide bonds. The van der Waals surface area contributed by atoms with E-state index >= 15 is 0 Å². The van der Waals surface area contributed by atoms with Crippen molar-refractivity contribution in [3.63, 3.8) is 0 Å². The van der Waals surface area contributed by atoms with Gasteiger partial charge in [-0.3, -0.25) is 4.79 Å². The molecule has 0 radical (unpaired) electrons. The van der Waals surface area contributed by atoms with Gasteiger partial charge in [-0.1, -0.05) is 11.6 Å². The predicted molar refractivity (Wildman–Crippen MR) is 81.9 cm³/mol. The Bertz CT molecular complexity index is 640. The number of hydrogen-bond donors (Lipinski definition) is 1. The van der Waals surface area contributed by atoms with Crippen LogP contribution in [-0.4, -0.2) is 18.0 Å². The van der Waals surface area contributed by atoms with Crippen LogP contribution in [0.15, 0.2) is 17.5 Å². The third-order valence-corrected chi connectivity index (χ3v) is 4.00. The van der Waals surface area contributed by atoms with E-state index in [1.165, 1.54) is 11.3 Å². The Balaban J connectivity index is 2.09. The van der Waals surface area contributed by atoms with Crippen molar-refractivity contribution in [3.05, 3.63) is 39.4 Å². The predicted octanol–water partition coefficient (Wildman–Crippen LogP) is 3.60. The van der Waals surface area contributed by atoms with Crippen molar-refractivity contribution < 1.29 is 9.53 Å². The molecule has 1 aromatic carbocycles. The highest BCUT2D eigenvalue weighted by atomic mass is 35.5. The number of thiazole rings is 1. The van der Waals surface area contributed by atoms with Crippen LogP contribution in [-0.2, 0) is 11.2 Å². The fourth-order valence-corrected chi connectivity index (χ4v) is 2.76. The van der Waals surface area contributed by atoms with Gasteiger partial charge in [0, 0.05) is 5.38 Å². The van der Waals surface area contributed by atoms with E-state index in [1.807, 2.05) is 25.3 Å². The highest BCUT2D eigenvalue weighted by molar-refractivity contribution is 7.13. The topological polar surface area (TPSA) is 51.2 Å². The number of carbonyl (C=O) groups is 1. The summed E-state index contributed by atoms with van der Waals surface area (Å²) in [5.41, 5.74) is 2.74. The number of aromatic nitrogens is 1. The first-order valence-electron chi connectivity index (χ1n) is 6.04. The second-order valence-electron chi connectivity index (χ2n) is 4.43. The molecule has 2 aromatic rings. The molecule has 0 aliphatic heterocycles. The molecular formula is C14H15ClN2O2S. The van der Waals surface area contributed by atoms with Gasteiger partial charge >= 0.3 is 0 Å². The van der Waals surface area contributed by atoms with Crippen molar-refractivity contribution in [2.75, 3.05) is 12.4 Å². The number of aryl methyl sites for hydroxylation is 2. The molecule has 0 bridgehead atoms. The number of methoxy groups -OCH3 is 1. The van der Waals surface area contributed by atoms with Crippen LogP contribution < -0.4 is 10.1 Å². The number of carbonyl (C=O) groups excluding carboxylic acids is 1. The zero-order chi connectivity index (χ0) is 14.7. The number of ether oxygens (including phenoxy) is 1. The molecule has 0 fully saturated rings. The standard InChI is InChI=1S/C14H15ClN2O2S/c1-8-4-12(19-3)11(15)5-10(8)6-13(18)17-14-16-9(2)7-20-14/h4-5,7H,6H2,1-3H3,(H,16,17,18). The van der Waals surface area contributed by atoms with E-state index in [0.29, 0.717) is 15.9 Å². The second-order valence-corrected chi connectivity index (χ2v) is 5.70. The molecule has 1 heterocycles.